The molecule has 0 radical (unpaired) electrons. The zero-order valence-electron chi connectivity index (χ0n) is 13.5. The van der Waals surface area contributed by atoms with Gasteiger partial charge >= 0.3 is 0 Å². The molecule has 0 aliphatic rings. The number of nitrogens with one attached hydrogen (secondary N) is 1. The number of H-pyrrole nitrogens is 1. The molecule has 3 aromatic heterocycles. The second-order valence-corrected chi connectivity index (χ2v) is 6.88. The molecule has 0 saturated heterocycles. The molecule has 7 heteroatoms. The summed E-state index contributed by atoms with van der Waals surface area (Å²) >= 11 is 1.43. The first-order chi connectivity index (χ1) is 12.0. The molecule has 0 amide bonds. The van der Waals surface area contributed by atoms with Crippen molar-refractivity contribution in [3.05, 3.63) is 63.4 Å². The van der Waals surface area contributed by atoms with Crippen LogP contribution in [0.2, 0.25) is 0 Å². The number of aromatic nitrogens is 4. The fourth-order valence-corrected chi connectivity index (χ4v) is 3.77. The molecule has 25 heavy (non-hydrogen) atoms. The van der Waals surface area contributed by atoms with Crippen molar-refractivity contribution in [2.75, 3.05) is 0 Å². The third kappa shape index (κ3) is 2.72. The number of aryl methyl sites for hydroxylation is 2. The Balaban J connectivity index is 1.93. The highest BCUT2D eigenvalue weighted by Crippen LogP contribution is 2.35. The molecule has 4 aromatic rings. The highest BCUT2D eigenvalue weighted by molar-refractivity contribution is 7.19. The average Bonchev–Trinajstić information content (AvgIpc) is 2.93. The van der Waals surface area contributed by atoms with E-state index in [1.807, 2.05) is 13.8 Å². The van der Waals surface area contributed by atoms with Gasteiger partial charge in [-0.1, -0.05) is 12.1 Å². The summed E-state index contributed by atoms with van der Waals surface area (Å²) in [7, 11) is 0. The van der Waals surface area contributed by atoms with E-state index in [0.29, 0.717) is 21.7 Å². The lowest BCUT2D eigenvalue weighted by Gasteiger charge is -2.03. The van der Waals surface area contributed by atoms with E-state index in [9.17, 15) is 9.18 Å². The van der Waals surface area contributed by atoms with Gasteiger partial charge in [-0.05, 0) is 31.5 Å². The Hall–Kier alpha value is -2.93. The second-order valence-electron chi connectivity index (χ2n) is 5.68. The minimum atomic E-state index is -0.312. The molecule has 0 bridgehead atoms. The monoisotopic (exact) mass is 352 g/mol. The largest absolute Gasteiger partial charge is 0.305 e. The number of aromatic amines is 1. The average molecular weight is 352 g/mol. The van der Waals surface area contributed by atoms with Gasteiger partial charge in [0.05, 0.1) is 17.3 Å². The van der Waals surface area contributed by atoms with Crippen LogP contribution in [-0.2, 0) is 0 Å². The molecule has 0 fully saturated rings. The lowest BCUT2D eigenvalue weighted by molar-refractivity contribution is 0.628. The molecule has 4 rings (SSSR count). The van der Waals surface area contributed by atoms with Crippen molar-refractivity contribution in [2.24, 2.45) is 0 Å². The van der Waals surface area contributed by atoms with E-state index in [1.165, 1.54) is 23.5 Å². The highest BCUT2D eigenvalue weighted by atomic mass is 32.1. The summed E-state index contributed by atoms with van der Waals surface area (Å²) in [5, 5.41) is 0.512. The van der Waals surface area contributed by atoms with Crippen molar-refractivity contribution < 1.29 is 4.39 Å². The van der Waals surface area contributed by atoms with Crippen molar-refractivity contribution in [1.82, 2.24) is 19.9 Å². The Kier molecular flexibility index (Phi) is 3.65. The lowest BCUT2D eigenvalue weighted by Crippen LogP contribution is -2.09. The van der Waals surface area contributed by atoms with Gasteiger partial charge < -0.3 is 4.98 Å². The number of rotatable bonds is 2. The van der Waals surface area contributed by atoms with Gasteiger partial charge in [-0.15, -0.1) is 11.3 Å². The van der Waals surface area contributed by atoms with Crippen molar-refractivity contribution in [2.45, 2.75) is 13.8 Å². The highest BCUT2D eigenvalue weighted by Gasteiger charge is 2.17. The predicted octanol–water partition coefficient (Wildman–Crippen LogP) is 3.86. The van der Waals surface area contributed by atoms with Gasteiger partial charge in [-0.2, -0.15) is 0 Å². The summed E-state index contributed by atoms with van der Waals surface area (Å²) in [5.74, 6) is 0.0742. The zero-order chi connectivity index (χ0) is 17.6. The van der Waals surface area contributed by atoms with E-state index >= 15 is 0 Å². The van der Waals surface area contributed by atoms with Gasteiger partial charge in [-0.25, -0.2) is 14.4 Å². The van der Waals surface area contributed by atoms with Crippen molar-refractivity contribution in [3.8, 4) is 22.6 Å². The fraction of sp³-hybridized carbons (Fsp3) is 0.111. The maximum atomic E-state index is 13.2. The summed E-state index contributed by atoms with van der Waals surface area (Å²) < 4.78 is 13.2. The van der Waals surface area contributed by atoms with E-state index in [-0.39, 0.29) is 11.4 Å². The molecule has 0 aliphatic heterocycles. The van der Waals surface area contributed by atoms with E-state index in [0.717, 1.165) is 21.7 Å². The third-order valence-electron chi connectivity index (χ3n) is 3.89. The SMILES string of the molecule is Cc1cnc(-c2nc3sc(C)c(-c4ccc(F)cc4)c3c(=O)[nH]2)cn1. The van der Waals surface area contributed by atoms with Crippen LogP contribution in [0.1, 0.15) is 10.6 Å². The molecule has 0 spiro atoms. The summed E-state index contributed by atoms with van der Waals surface area (Å²) in [4.78, 5) is 30.1. The van der Waals surface area contributed by atoms with Crippen molar-refractivity contribution in [3.63, 3.8) is 0 Å². The molecule has 3 heterocycles. The van der Waals surface area contributed by atoms with Gasteiger partial charge in [0, 0.05) is 16.6 Å². The molecule has 0 saturated carbocycles. The van der Waals surface area contributed by atoms with E-state index in [1.54, 1.807) is 24.5 Å². The fourth-order valence-electron chi connectivity index (χ4n) is 2.72. The minimum absolute atomic E-state index is 0.244. The maximum absolute atomic E-state index is 13.2. The number of thiophene rings is 1. The Morgan fingerprint density at radius 1 is 1.08 bits per heavy atom. The topological polar surface area (TPSA) is 71.5 Å². The number of hydrogen-bond acceptors (Lipinski definition) is 5. The van der Waals surface area contributed by atoms with Gasteiger partial charge in [-0.3, -0.25) is 9.78 Å². The normalized spacial score (nSPS) is 11.2. The van der Waals surface area contributed by atoms with Crippen LogP contribution in [-0.4, -0.2) is 19.9 Å². The number of nitrogens with zero attached hydrogens (tertiary/aromatic N) is 3. The molecule has 0 atom stereocenters. The number of benzene rings is 1. The van der Waals surface area contributed by atoms with E-state index in [4.69, 9.17) is 0 Å². The Morgan fingerprint density at radius 3 is 2.52 bits per heavy atom. The molecule has 124 valence electrons. The number of hydrogen-bond donors (Lipinski definition) is 1. The number of fused-ring (bicyclic) bond motifs is 1. The lowest BCUT2D eigenvalue weighted by atomic mass is 10.0. The first kappa shape index (κ1) is 15.6. The predicted molar refractivity (Wildman–Crippen MR) is 96.1 cm³/mol. The summed E-state index contributed by atoms with van der Waals surface area (Å²) in [5.41, 5.74) is 2.64. The van der Waals surface area contributed by atoms with Crippen LogP contribution in [0.15, 0.2) is 41.5 Å². The van der Waals surface area contributed by atoms with E-state index < -0.39 is 0 Å². The molecule has 0 unspecified atom stereocenters. The molecule has 1 aromatic carbocycles. The quantitative estimate of drug-likeness (QED) is 0.594. The van der Waals surface area contributed by atoms with Gasteiger partial charge in [0.2, 0.25) is 0 Å². The molecule has 0 aliphatic carbocycles. The van der Waals surface area contributed by atoms with Crippen LogP contribution in [0.3, 0.4) is 0 Å². The van der Waals surface area contributed by atoms with Crippen molar-refractivity contribution in [1.29, 1.82) is 0 Å². The van der Waals surface area contributed by atoms with E-state index in [2.05, 4.69) is 19.9 Å². The molecule has 5 nitrogen and oxygen atoms in total. The summed E-state index contributed by atoms with van der Waals surface area (Å²) in [6, 6.07) is 6.11. The summed E-state index contributed by atoms with van der Waals surface area (Å²) in [6.07, 6.45) is 3.21. The number of halogens is 1. The van der Waals surface area contributed by atoms with Crippen LogP contribution in [0.25, 0.3) is 32.9 Å². The van der Waals surface area contributed by atoms with Crippen LogP contribution < -0.4 is 5.56 Å². The molecule has 1 N–H and O–H groups in total. The molecular weight excluding hydrogens is 339 g/mol. The maximum Gasteiger partial charge on any atom is 0.260 e. The van der Waals surface area contributed by atoms with Crippen molar-refractivity contribution >= 4 is 21.6 Å². The zero-order valence-corrected chi connectivity index (χ0v) is 14.3. The minimum Gasteiger partial charge on any atom is -0.305 e. The van der Waals surface area contributed by atoms with Gasteiger partial charge in [0.1, 0.15) is 16.3 Å². The Labute approximate surface area is 146 Å². The van der Waals surface area contributed by atoms with Gasteiger partial charge in [0.25, 0.3) is 5.56 Å². The standard InChI is InChI=1S/C18H13FN4OS/c1-9-7-21-13(8-20-9)16-22-17(24)15-14(10(2)25-18(15)23-16)11-3-5-12(19)6-4-11/h3-8H,1-2H3,(H,22,23,24). The van der Waals surface area contributed by atoms with Crippen LogP contribution in [0.5, 0.6) is 0 Å². The third-order valence-corrected chi connectivity index (χ3v) is 4.89. The first-order valence-electron chi connectivity index (χ1n) is 7.61. The van der Waals surface area contributed by atoms with Crippen LogP contribution >= 0.6 is 11.3 Å². The second kappa shape index (κ2) is 5.86. The van der Waals surface area contributed by atoms with Crippen LogP contribution in [0, 0.1) is 19.7 Å². The Bertz CT molecular complexity index is 1130. The summed E-state index contributed by atoms with van der Waals surface area (Å²) in [6.45, 7) is 3.77. The van der Waals surface area contributed by atoms with Gasteiger partial charge in [0.15, 0.2) is 5.82 Å². The molecular formula is C18H13FN4OS. The smallest absolute Gasteiger partial charge is 0.260 e. The van der Waals surface area contributed by atoms with Crippen LogP contribution in [0.4, 0.5) is 4.39 Å². The first-order valence-corrected chi connectivity index (χ1v) is 8.43. The Morgan fingerprint density at radius 2 is 1.84 bits per heavy atom.